The van der Waals surface area contributed by atoms with Crippen molar-refractivity contribution in [1.29, 1.82) is 0 Å². The predicted molar refractivity (Wildman–Crippen MR) is 58.0 cm³/mol. The van der Waals surface area contributed by atoms with Crippen molar-refractivity contribution in [3.8, 4) is 0 Å². The van der Waals surface area contributed by atoms with Gasteiger partial charge in [0.05, 0.1) is 12.2 Å². The van der Waals surface area contributed by atoms with Crippen molar-refractivity contribution in [2.45, 2.75) is 38.3 Å². The third-order valence-electron chi connectivity index (χ3n) is 3.53. The Labute approximate surface area is 93.9 Å². The molecule has 0 N–H and O–H groups in total. The molecule has 16 heavy (non-hydrogen) atoms. The van der Waals surface area contributed by atoms with E-state index in [4.69, 9.17) is 4.52 Å². The molecule has 1 aromatic heterocycles. The summed E-state index contributed by atoms with van der Waals surface area (Å²) in [5, 5.41) is 3.67. The molecule has 0 radical (unpaired) electrons. The number of hydrogen-bond acceptors (Lipinski definition) is 3. The first-order valence-corrected chi connectivity index (χ1v) is 5.68. The van der Waals surface area contributed by atoms with Crippen LogP contribution in [-0.4, -0.2) is 28.0 Å². The molecule has 2 atom stereocenters. The summed E-state index contributed by atoms with van der Waals surface area (Å²) >= 11 is 0. The van der Waals surface area contributed by atoms with E-state index in [0.717, 1.165) is 19.3 Å². The molecule has 4 heteroatoms. The molecule has 1 amide bonds. The highest BCUT2D eigenvalue weighted by Gasteiger charge is 2.38. The van der Waals surface area contributed by atoms with Gasteiger partial charge in [-0.1, -0.05) is 17.3 Å². The quantitative estimate of drug-likeness (QED) is 0.676. The third-order valence-corrected chi connectivity index (χ3v) is 3.53. The molecule has 0 aromatic carbocycles. The largest absolute Gasteiger partial charge is 0.361 e. The van der Waals surface area contributed by atoms with Crippen LogP contribution in [0.15, 0.2) is 22.9 Å². The number of carbonyl (C=O) groups is 1. The van der Waals surface area contributed by atoms with E-state index in [1.54, 1.807) is 6.92 Å². The molecule has 3 rings (SSSR count). The highest BCUT2D eigenvalue weighted by Crippen LogP contribution is 2.33. The molecule has 0 saturated carbocycles. The van der Waals surface area contributed by atoms with Crippen LogP contribution in [0.5, 0.6) is 0 Å². The van der Waals surface area contributed by atoms with Gasteiger partial charge in [-0.05, 0) is 26.2 Å². The fraction of sp³-hybridized carbons (Fsp3) is 0.500. The van der Waals surface area contributed by atoms with Gasteiger partial charge in [-0.25, -0.2) is 0 Å². The predicted octanol–water partition coefficient (Wildman–Crippen LogP) is 1.92. The van der Waals surface area contributed by atoms with Crippen LogP contribution in [0, 0.1) is 6.92 Å². The summed E-state index contributed by atoms with van der Waals surface area (Å²) in [4.78, 5) is 14.3. The first kappa shape index (κ1) is 9.63. The summed E-state index contributed by atoms with van der Waals surface area (Å²) < 4.78 is 4.95. The summed E-state index contributed by atoms with van der Waals surface area (Å²) in [6.45, 7) is 1.78. The van der Waals surface area contributed by atoms with Gasteiger partial charge in [0.25, 0.3) is 5.91 Å². The maximum Gasteiger partial charge on any atom is 0.259 e. The van der Waals surface area contributed by atoms with E-state index in [0.29, 0.717) is 17.4 Å². The van der Waals surface area contributed by atoms with E-state index in [-0.39, 0.29) is 11.9 Å². The first-order chi connectivity index (χ1) is 7.77. The van der Waals surface area contributed by atoms with Crippen molar-refractivity contribution in [3.05, 3.63) is 29.7 Å². The molecule has 3 heterocycles. The summed E-state index contributed by atoms with van der Waals surface area (Å²) in [5.74, 6) is 0.676. The Balaban J connectivity index is 1.92. The molecule has 1 aromatic rings. The molecular weight excluding hydrogens is 204 g/mol. The molecule has 0 unspecified atom stereocenters. The fourth-order valence-electron chi connectivity index (χ4n) is 2.68. The minimum Gasteiger partial charge on any atom is -0.361 e. The number of nitrogens with zero attached hydrogens (tertiary/aromatic N) is 2. The van der Waals surface area contributed by atoms with Crippen LogP contribution in [0.2, 0.25) is 0 Å². The first-order valence-electron chi connectivity index (χ1n) is 5.68. The van der Waals surface area contributed by atoms with Crippen molar-refractivity contribution < 1.29 is 9.32 Å². The highest BCUT2D eigenvalue weighted by molar-refractivity contribution is 5.95. The van der Waals surface area contributed by atoms with Gasteiger partial charge in [-0.15, -0.1) is 0 Å². The number of amides is 1. The van der Waals surface area contributed by atoms with Gasteiger partial charge in [0.2, 0.25) is 0 Å². The minimum atomic E-state index is 0.0654. The maximum atomic E-state index is 12.3. The third kappa shape index (κ3) is 1.29. The summed E-state index contributed by atoms with van der Waals surface area (Å²) in [5.41, 5.74) is 0.604. The van der Waals surface area contributed by atoms with E-state index < -0.39 is 0 Å². The van der Waals surface area contributed by atoms with Gasteiger partial charge in [-0.3, -0.25) is 4.79 Å². The van der Waals surface area contributed by atoms with Crippen molar-refractivity contribution in [1.82, 2.24) is 10.1 Å². The van der Waals surface area contributed by atoms with Crippen molar-refractivity contribution in [2.75, 3.05) is 0 Å². The van der Waals surface area contributed by atoms with Crippen LogP contribution in [0.1, 0.15) is 35.4 Å². The van der Waals surface area contributed by atoms with E-state index >= 15 is 0 Å². The topological polar surface area (TPSA) is 46.3 Å². The Bertz CT molecular complexity index is 450. The summed E-state index contributed by atoms with van der Waals surface area (Å²) in [6.07, 6.45) is 9.02. The Morgan fingerprint density at radius 3 is 3.12 bits per heavy atom. The van der Waals surface area contributed by atoms with Crippen LogP contribution < -0.4 is 0 Å². The molecule has 4 nitrogen and oxygen atoms in total. The molecule has 2 bridgehead atoms. The lowest BCUT2D eigenvalue weighted by Gasteiger charge is -2.31. The molecule has 2 aliphatic rings. The maximum absolute atomic E-state index is 12.3. The summed E-state index contributed by atoms with van der Waals surface area (Å²) in [7, 11) is 0. The lowest BCUT2D eigenvalue weighted by molar-refractivity contribution is 0.0687. The number of rotatable bonds is 1. The molecule has 0 aliphatic carbocycles. The second kappa shape index (κ2) is 3.47. The van der Waals surface area contributed by atoms with Crippen LogP contribution in [0.3, 0.4) is 0 Å². The monoisotopic (exact) mass is 218 g/mol. The SMILES string of the molecule is Cc1oncc1C(=O)N1[C@H]2CC=C[C@H]1CC2. The van der Waals surface area contributed by atoms with E-state index in [1.807, 2.05) is 4.90 Å². The fourth-order valence-corrected chi connectivity index (χ4v) is 2.68. The Kier molecular flexibility index (Phi) is 2.09. The van der Waals surface area contributed by atoms with Gasteiger partial charge >= 0.3 is 0 Å². The highest BCUT2D eigenvalue weighted by atomic mass is 16.5. The Morgan fingerprint density at radius 1 is 1.56 bits per heavy atom. The average Bonchev–Trinajstić information content (AvgIpc) is 2.80. The van der Waals surface area contributed by atoms with Crippen LogP contribution in [0.25, 0.3) is 0 Å². The number of fused-ring (bicyclic) bond motifs is 2. The molecular formula is C12H14N2O2. The average molecular weight is 218 g/mol. The molecule has 84 valence electrons. The zero-order valence-electron chi connectivity index (χ0n) is 9.22. The number of aromatic nitrogens is 1. The van der Waals surface area contributed by atoms with Crippen LogP contribution in [0.4, 0.5) is 0 Å². The smallest absolute Gasteiger partial charge is 0.259 e. The van der Waals surface area contributed by atoms with E-state index in [9.17, 15) is 4.79 Å². The Hall–Kier alpha value is -1.58. The standard InChI is InChI=1S/C12H14N2O2/c1-8-11(7-13-16-8)12(15)14-9-3-2-4-10(14)6-5-9/h2-3,7,9-10H,4-6H2,1H3/t9-,10-/m0/s1. The molecule has 1 saturated heterocycles. The van der Waals surface area contributed by atoms with Gasteiger partial charge < -0.3 is 9.42 Å². The Morgan fingerprint density at radius 2 is 2.44 bits per heavy atom. The molecule has 2 aliphatic heterocycles. The number of carbonyl (C=O) groups excluding carboxylic acids is 1. The van der Waals surface area contributed by atoms with Crippen molar-refractivity contribution in [2.24, 2.45) is 0 Å². The normalized spacial score (nSPS) is 27.4. The van der Waals surface area contributed by atoms with Crippen LogP contribution in [-0.2, 0) is 0 Å². The lowest BCUT2D eigenvalue weighted by Crippen LogP contribution is -2.42. The van der Waals surface area contributed by atoms with Crippen LogP contribution >= 0.6 is 0 Å². The van der Waals surface area contributed by atoms with Gasteiger partial charge in [-0.2, -0.15) is 0 Å². The van der Waals surface area contributed by atoms with Crippen molar-refractivity contribution >= 4 is 5.91 Å². The van der Waals surface area contributed by atoms with E-state index in [1.165, 1.54) is 6.20 Å². The second-order valence-corrected chi connectivity index (χ2v) is 4.47. The van der Waals surface area contributed by atoms with E-state index in [2.05, 4.69) is 17.3 Å². The lowest BCUT2D eigenvalue weighted by atomic mass is 10.1. The minimum absolute atomic E-state index is 0.0654. The van der Waals surface area contributed by atoms with Gasteiger partial charge in [0.15, 0.2) is 0 Å². The second-order valence-electron chi connectivity index (χ2n) is 4.47. The zero-order valence-corrected chi connectivity index (χ0v) is 9.22. The summed E-state index contributed by atoms with van der Waals surface area (Å²) in [6, 6.07) is 0.650. The number of hydrogen-bond donors (Lipinski definition) is 0. The van der Waals surface area contributed by atoms with Gasteiger partial charge in [0.1, 0.15) is 11.3 Å². The molecule has 0 spiro atoms. The number of aryl methyl sites for hydroxylation is 1. The van der Waals surface area contributed by atoms with Crippen molar-refractivity contribution in [3.63, 3.8) is 0 Å². The molecule has 1 fully saturated rings. The van der Waals surface area contributed by atoms with Gasteiger partial charge in [0, 0.05) is 6.04 Å². The zero-order chi connectivity index (χ0) is 11.1.